The summed E-state index contributed by atoms with van der Waals surface area (Å²) in [6.45, 7) is 2.25. The smallest absolute Gasteiger partial charge is 0.261 e. The highest BCUT2D eigenvalue weighted by Crippen LogP contribution is 2.37. The molecule has 4 rings (SSSR count). The van der Waals surface area contributed by atoms with Crippen molar-refractivity contribution < 1.29 is 14.4 Å². The van der Waals surface area contributed by atoms with Crippen molar-refractivity contribution in [2.75, 3.05) is 6.54 Å². The molecule has 0 aromatic heterocycles. The van der Waals surface area contributed by atoms with Gasteiger partial charge in [-0.2, -0.15) is 0 Å². The van der Waals surface area contributed by atoms with Crippen molar-refractivity contribution in [1.82, 2.24) is 9.80 Å². The molecule has 0 radical (unpaired) electrons. The third-order valence-corrected chi connectivity index (χ3v) is 6.00. The van der Waals surface area contributed by atoms with E-state index in [9.17, 15) is 14.4 Å². The van der Waals surface area contributed by atoms with Crippen LogP contribution in [0.3, 0.4) is 0 Å². The van der Waals surface area contributed by atoms with Gasteiger partial charge in [0, 0.05) is 24.0 Å². The van der Waals surface area contributed by atoms with Crippen LogP contribution >= 0.6 is 11.6 Å². The molecule has 29 heavy (non-hydrogen) atoms. The lowest BCUT2D eigenvalue weighted by molar-refractivity contribution is -0.134. The molecule has 1 fully saturated rings. The zero-order chi connectivity index (χ0) is 20.5. The minimum atomic E-state index is -0.276. The lowest BCUT2D eigenvalue weighted by atomic mass is 10.1. The van der Waals surface area contributed by atoms with Gasteiger partial charge < -0.3 is 4.90 Å². The summed E-state index contributed by atoms with van der Waals surface area (Å²) in [5.74, 6) is -0.514. The standard InChI is InChI=1S/C23H23ClN2O3/c1-15(17-7-4-5-10-20(17)24)26(16-12-13-16)21(27)11-6-14-25-22(28)18-8-2-3-9-19(18)23(25)29/h2-5,7-10,15-16H,6,11-14H2,1H3. The molecule has 2 aliphatic rings. The maximum absolute atomic E-state index is 13.0. The molecule has 3 amide bonds. The molecule has 0 spiro atoms. The van der Waals surface area contributed by atoms with Crippen LogP contribution in [0, 0.1) is 0 Å². The minimum Gasteiger partial charge on any atom is -0.333 e. The molecule has 1 saturated carbocycles. The van der Waals surface area contributed by atoms with Crippen LogP contribution < -0.4 is 0 Å². The molecule has 0 saturated heterocycles. The first-order valence-corrected chi connectivity index (χ1v) is 10.4. The number of nitrogens with zero attached hydrogens (tertiary/aromatic N) is 2. The van der Waals surface area contributed by atoms with Gasteiger partial charge >= 0.3 is 0 Å². The summed E-state index contributed by atoms with van der Waals surface area (Å²) in [6.07, 6.45) is 2.74. The van der Waals surface area contributed by atoms with Crippen molar-refractivity contribution in [2.24, 2.45) is 0 Å². The predicted octanol–water partition coefficient (Wildman–Crippen LogP) is 4.47. The topological polar surface area (TPSA) is 57.7 Å². The Balaban J connectivity index is 1.39. The summed E-state index contributed by atoms with van der Waals surface area (Å²) in [5.41, 5.74) is 1.82. The third-order valence-electron chi connectivity index (χ3n) is 5.65. The van der Waals surface area contributed by atoms with E-state index in [1.165, 1.54) is 4.90 Å². The number of hydrogen-bond donors (Lipinski definition) is 0. The molecule has 6 heteroatoms. The highest BCUT2D eigenvalue weighted by atomic mass is 35.5. The summed E-state index contributed by atoms with van der Waals surface area (Å²) in [5, 5.41) is 0.657. The summed E-state index contributed by atoms with van der Waals surface area (Å²) in [7, 11) is 0. The Kier molecular flexibility index (Phi) is 5.41. The van der Waals surface area contributed by atoms with Crippen LogP contribution in [-0.4, -0.2) is 40.1 Å². The Morgan fingerprint density at radius 3 is 2.24 bits per heavy atom. The van der Waals surface area contributed by atoms with Crippen molar-refractivity contribution in [3.63, 3.8) is 0 Å². The zero-order valence-corrected chi connectivity index (χ0v) is 17.1. The normalized spacial score (nSPS) is 16.7. The monoisotopic (exact) mass is 410 g/mol. The van der Waals surface area contributed by atoms with E-state index in [4.69, 9.17) is 11.6 Å². The Morgan fingerprint density at radius 1 is 1.07 bits per heavy atom. The van der Waals surface area contributed by atoms with E-state index in [1.54, 1.807) is 24.3 Å². The molecule has 2 aromatic carbocycles. The fourth-order valence-electron chi connectivity index (χ4n) is 4.01. The number of benzene rings is 2. The van der Waals surface area contributed by atoms with Gasteiger partial charge in [0.25, 0.3) is 11.8 Å². The van der Waals surface area contributed by atoms with E-state index in [1.807, 2.05) is 36.1 Å². The van der Waals surface area contributed by atoms with Crippen molar-refractivity contribution >= 4 is 29.3 Å². The van der Waals surface area contributed by atoms with Crippen LogP contribution in [-0.2, 0) is 4.79 Å². The number of carbonyl (C=O) groups is 3. The molecule has 5 nitrogen and oxygen atoms in total. The van der Waals surface area contributed by atoms with Gasteiger partial charge in [0.05, 0.1) is 17.2 Å². The highest BCUT2D eigenvalue weighted by molar-refractivity contribution is 6.31. The lowest BCUT2D eigenvalue weighted by Gasteiger charge is -2.30. The molecule has 1 aliphatic carbocycles. The van der Waals surface area contributed by atoms with Gasteiger partial charge in [-0.05, 0) is 49.9 Å². The second-order valence-electron chi connectivity index (χ2n) is 7.64. The number of hydrogen-bond acceptors (Lipinski definition) is 3. The molecular weight excluding hydrogens is 388 g/mol. The van der Waals surface area contributed by atoms with Gasteiger partial charge in [-0.1, -0.05) is 41.9 Å². The van der Waals surface area contributed by atoms with Crippen LogP contribution in [0.2, 0.25) is 5.02 Å². The van der Waals surface area contributed by atoms with E-state index >= 15 is 0 Å². The number of amides is 3. The summed E-state index contributed by atoms with van der Waals surface area (Å²) in [6, 6.07) is 14.6. The first kappa shape index (κ1) is 19.6. The second-order valence-corrected chi connectivity index (χ2v) is 8.05. The maximum atomic E-state index is 13.0. The molecule has 1 heterocycles. The van der Waals surface area contributed by atoms with Gasteiger partial charge in [-0.3, -0.25) is 19.3 Å². The van der Waals surface area contributed by atoms with Gasteiger partial charge in [-0.15, -0.1) is 0 Å². The maximum Gasteiger partial charge on any atom is 0.261 e. The van der Waals surface area contributed by atoms with Gasteiger partial charge in [0.15, 0.2) is 0 Å². The van der Waals surface area contributed by atoms with Gasteiger partial charge in [-0.25, -0.2) is 0 Å². The fraction of sp³-hybridized carbons (Fsp3) is 0.348. The van der Waals surface area contributed by atoms with Gasteiger partial charge in [0.1, 0.15) is 0 Å². The van der Waals surface area contributed by atoms with E-state index in [2.05, 4.69) is 0 Å². The van der Waals surface area contributed by atoms with Crippen molar-refractivity contribution in [3.8, 4) is 0 Å². The first-order valence-electron chi connectivity index (χ1n) is 10.00. The van der Waals surface area contributed by atoms with Crippen LogP contribution in [0.5, 0.6) is 0 Å². The van der Waals surface area contributed by atoms with E-state index < -0.39 is 0 Å². The molecular formula is C23H23ClN2O3. The third kappa shape index (κ3) is 3.79. The van der Waals surface area contributed by atoms with Crippen molar-refractivity contribution in [1.29, 1.82) is 0 Å². The van der Waals surface area contributed by atoms with E-state index in [0.29, 0.717) is 29.0 Å². The van der Waals surface area contributed by atoms with Crippen LogP contribution in [0.25, 0.3) is 0 Å². The Labute approximate surface area is 175 Å². The van der Waals surface area contributed by atoms with E-state index in [0.717, 1.165) is 18.4 Å². The largest absolute Gasteiger partial charge is 0.333 e. The molecule has 1 unspecified atom stereocenters. The van der Waals surface area contributed by atoms with Crippen LogP contribution in [0.1, 0.15) is 64.9 Å². The summed E-state index contributed by atoms with van der Waals surface area (Å²) in [4.78, 5) is 41.1. The lowest BCUT2D eigenvalue weighted by Crippen LogP contribution is -2.36. The molecule has 0 N–H and O–H groups in total. The average molecular weight is 411 g/mol. The quantitative estimate of drug-likeness (QED) is 0.633. The molecule has 1 atom stereocenters. The van der Waals surface area contributed by atoms with E-state index in [-0.39, 0.29) is 36.3 Å². The minimum absolute atomic E-state index is 0.0385. The van der Waals surface area contributed by atoms with Gasteiger partial charge in [0.2, 0.25) is 5.91 Å². The Bertz CT molecular complexity index is 935. The number of halogens is 1. The Hall–Kier alpha value is -2.66. The number of fused-ring (bicyclic) bond motifs is 1. The predicted molar refractivity (Wildman–Crippen MR) is 111 cm³/mol. The SMILES string of the molecule is CC(c1ccccc1Cl)N(C(=O)CCCN1C(=O)c2ccccc2C1=O)C1CC1. The van der Waals surface area contributed by atoms with Crippen LogP contribution in [0.15, 0.2) is 48.5 Å². The first-order chi connectivity index (χ1) is 14.0. The molecule has 2 aromatic rings. The van der Waals surface area contributed by atoms with Crippen molar-refractivity contribution in [2.45, 2.75) is 44.7 Å². The molecule has 1 aliphatic heterocycles. The molecule has 0 bridgehead atoms. The summed E-state index contributed by atoms with van der Waals surface area (Å²) >= 11 is 6.34. The Morgan fingerprint density at radius 2 is 1.66 bits per heavy atom. The van der Waals surface area contributed by atoms with Crippen molar-refractivity contribution in [3.05, 3.63) is 70.2 Å². The molecule has 150 valence electrons. The number of imide groups is 1. The van der Waals surface area contributed by atoms with Crippen LogP contribution in [0.4, 0.5) is 0 Å². The summed E-state index contributed by atoms with van der Waals surface area (Å²) < 4.78 is 0. The highest BCUT2D eigenvalue weighted by Gasteiger charge is 2.37. The number of carbonyl (C=O) groups excluding carboxylic acids is 3. The second kappa shape index (κ2) is 7.99. The fourth-order valence-corrected chi connectivity index (χ4v) is 4.31. The average Bonchev–Trinajstić information content (AvgIpc) is 3.52. The zero-order valence-electron chi connectivity index (χ0n) is 16.3. The number of rotatable bonds is 7.